The number of hydrogen-bond donors (Lipinski definition) is 1. The molecule has 1 unspecified atom stereocenters. The second-order valence-corrected chi connectivity index (χ2v) is 6.12. The normalized spacial score (nSPS) is 22.3. The van der Waals surface area contributed by atoms with Crippen LogP contribution in [0, 0.1) is 0 Å². The van der Waals surface area contributed by atoms with Gasteiger partial charge < -0.3 is 10.2 Å². The van der Waals surface area contributed by atoms with Gasteiger partial charge in [0.2, 0.25) is 5.91 Å². The van der Waals surface area contributed by atoms with Crippen LogP contribution in [0.2, 0.25) is 0 Å². The van der Waals surface area contributed by atoms with Gasteiger partial charge in [-0.2, -0.15) is 0 Å². The molecular formula is C16H24N2O. The standard InChI is InChI=1S/C16H24N2O/c1-13-11-17-16(2,3)12-18(13)15(19)10-9-14-7-5-4-6-8-14/h4-8,13,17H,9-12H2,1-3H3. The molecule has 1 aromatic carbocycles. The Morgan fingerprint density at radius 3 is 2.74 bits per heavy atom. The predicted molar refractivity (Wildman–Crippen MR) is 78.0 cm³/mol. The summed E-state index contributed by atoms with van der Waals surface area (Å²) in [6, 6.07) is 10.5. The van der Waals surface area contributed by atoms with Crippen LogP contribution in [0.5, 0.6) is 0 Å². The van der Waals surface area contributed by atoms with Crippen molar-refractivity contribution in [2.24, 2.45) is 0 Å². The highest BCUT2D eigenvalue weighted by atomic mass is 16.2. The van der Waals surface area contributed by atoms with Crippen LogP contribution in [0.1, 0.15) is 32.8 Å². The number of aryl methyl sites for hydroxylation is 1. The van der Waals surface area contributed by atoms with Gasteiger partial charge >= 0.3 is 0 Å². The molecule has 0 radical (unpaired) electrons. The summed E-state index contributed by atoms with van der Waals surface area (Å²) in [5.74, 6) is 0.269. The molecule has 1 aliphatic rings. The van der Waals surface area contributed by atoms with Crippen molar-refractivity contribution < 1.29 is 4.79 Å². The molecule has 104 valence electrons. The fourth-order valence-corrected chi connectivity index (χ4v) is 2.55. The second kappa shape index (κ2) is 5.74. The zero-order chi connectivity index (χ0) is 13.9. The van der Waals surface area contributed by atoms with E-state index in [2.05, 4.69) is 38.2 Å². The van der Waals surface area contributed by atoms with E-state index in [0.29, 0.717) is 6.42 Å². The third kappa shape index (κ3) is 3.80. The first kappa shape index (κ1) is 14.1. The summed E-state index contributed by atoms with van der Waals surface area (Å²) >= 11 is 0. The lowest BCUT2D eigenvalue weighted by molar-refractivity contribution is -0.135. The molecule has 3 nitrogen and oxygen atoms in total. The average Bonchev–Trinajstić information content (AvgIpc) is 2.40. The van der Waals surface area contributed by atoms with Crippen molar-refractivity contribution >= 4 is 5.91 Å². The molecule has 1 heterocycles. The topological polar surface area (TPSA) is 32.3 Å². The highest BCUT2D eigenvalue weighted by molar-refractivity contribution is 5.77. The summed E-state index contributed by atoms with van der Waals surface area (Å²) in [4.78, 5) is 14.4. The van der Waals surface area contributed by atoms with E-state index < -0.39 is 0 Å². The first-order chi connectivity index (χ1) is 8.98. The lowest BCUT2D eigenvalue weighted by atomic mass is 9.98. The van der Waals surface area contributed by atoms with Gasteiger partial charge in [-0.05, 0) is 32.8 Å². The Balaban J connectivity index is 1.92. The van der Waals surface area contributed by atoms with E-state index in [4.69, 9.17) is 0 Å². The summed E-state index contributed by atoms with van der Waals surface area (Å²) in [6.07, 6.45) is 1.43. The van der Waals surface area contributed by atoms with Gasteiger partial charge in [0, 0.05) is 31.1 Å². The molecule has 3 heteroatoms. The summed E-state index contributed by atoms with van der Waals surface area (Å²) in [5, 5.41) is 3.47. The summed E-state index contributed by atoms with van der Waals surface area (Å²) in [5.41, 5.74) is 1.26. The molecule has 0 spiro atoms. The molecule has 1 N–H and O–H groups in total. The molecule has 1 amide bonds. The largest absolute Gasteiger partial charge is 0.337 e. The number of nitrogens with one attached hydrogen (secondary N) is 1. The minimum absolute atomic E-state index is 0.0227. The van der Waals surface area contributed by atoms with Gasteiger partial charge in [-0.25, -0.2) is 0 Å². The van der Waals surface area contributed by atoms with E-state index in [0.717, 1.165) is 19.5 Å². The maximum atomic E-state index is 12.4. The van der Waals surface area contributed by atoms with Gasteiger partial charge in [0.05, 0.1) is 0 Å². The molecule has 1 saturated heterocycles. The second-order valence-electron chi connectivity index (χ2n) is 6.12. The van der Waals surface area contributed by atoms with Crippen LogP contribution in [0.3, 0.4) is 0 Å². The molecular weight excluding hydrogens is 236 g/mol. The summed E-state index contributed by atoms with van der Waals surface area (Å²) < 4.78 is 0. The first-order valence-electron chi connectivity index (χ1n) is 7.06. The Morgan fingerprint density at radius 1 is 1.37 bits per heavy atom. The Bertz CT molecular complexity index is 428. The Hall–Kier alpha value is -1.35. The van der Waals surface area contributed by atoms with E-state index in [1.807, 2.05) is 23.1 Å². The number of benzene rings is 1. The zero-order valence-corrected chi connectivity index (χ0v) is 12.1. The van der Waals surface area contributed by atoms with Crippen LogP contribution in [-0.4, -0.2) is 35.5 Å². The Labute approximate surface area is 116 Å². The summed E-state index contributed by atoms with van der Waals surface area (Å²) in [6.45, 7) is 8.08. The zero-order valence-electron chi connectivity index (χ0n) is 12.1. The lowest BCUT2D eigenvalue weighted by Gasteiger charge is -2.43. The van der Waals surface area contributed by atoms with Crippen LogP contribution in [-0.2, 0) is 11.2 Å². The molecule has 0 saturated carbocycles. The number of rotatable bonds is 3. The van der Waals surface area contributed by atoms with Gasteiger partial charge in [-0.3, -0.25) is 4.79 Å². The fraction of sp³-hybridized carbons (Fsp3) is 0.562. The number of carbonyl (C=O) groups is 1. The minimum Gasteiger partial charge on any atom is -0.337 e. The molecule has 0 bridgehead atoms. The van der Waals surface area contributed by atoms with Gasteiger partial charge in [0.15, 0.2) is 0 Å². The number of hydrogen-bond acceptors (Lipinski definition) is 2. The van der Waals surface area contributed by atoms with E-state index in [1.54, 1.807) is 0 Å². The van der Waals surface area contributed by atoms with Crippen molar-refractivity contribution in [2.75, 3.05) is 13.1 Å². The molecule has 0 aliphatic carbocycles. The maximum absolute atomic E-state index is 12.4. The van der Waals surface area contributed by atoms with Crippen molar-refractivity contribution in [3.8, 4) is 0 Å². The minimum atomic E-state index is 0.0227. The lowest BCUT2D eigenvalue weighted by Crippen LogP contribution is -2.62. The van der Waals surface area contributed by atoms with Crippen molar-refractivity contribution in [3.63, 3.8) is 0 Å². The monoisotopic (exact) mass is 260 g/mol. The van der Waals surface area contributed by atoms with Gasteiger partial charge in [-0.15, -0.1) is 0 Å². The number of piperazine rings is 1. The van der Waals surface area contributed by atoms with Crippen molar-refractivity contribution in [1.29, 1.82) is 0 Å². The van der Waals surface area contributed by atoms with Crippen LogP contribution >= 0.6 is 0 Å². The number of amides is 1. The number of carbonyl (C=O) groups excluding carboxylic acids is 1. The van der Waals surface area contributed by atoms with Crippen LogP contribution in [0.4, 0.5) is 0 Å². The van der Waals surface area contributed by atoms with E-state index in [9.17, 15) is 4.79 Å². The number of nitrogens with zero attached hydrogens (tertiary/aromatic N) is 1. The van der Waals surface area contributed by atoms with Gasteiger partial charge in [-0.1, -0.05) is 30.3 Å². The average molecular weight is 260 g/mol. The third-order valence-corrected chi connectivity index (χ3v) is 3.76. The molecule has 19 heavy (non-hydrogen) atoms. The highest BCUT2D eigenvalue weighted by Gasteiger charge is 2.32. The van der Waals surface area contributed by atoms with Crippen LogP contribution < -0.4 is 5.32 Å². The SMILES string of the molecule is CC1CNC(C)(C)CN1C(=O)CCc1ccccc1. The molecule has 1 aromatic rings. The first-order valence-corrected chi connectivity index (χ1v) is 7.06. The van der Waals surface area contributed by atoms with Gasteiger partial charge in [0.25, 0.3) is 0 Å². The Kier molecular flexibility index (Phi) is 4.25. The molecule has 2 rings (SSSR count). The maximum Gasteiger partial charge on any atom is 0.223 e. The van der Waals surface area contributed by atoms with Crippen molar-refractivity contribution in [2.45, 2.75) is 45.2 Å². The molecule has 0 aromatic heterocycles. The highest BCUT2D eigenvalue weighted by Crippen LogP contribution is 2.16. The van der Waals surface area contributed by atoms with Crippen LogP contribution in [0.15, 0.2) is 30.3 Å². The van der Waals surface area contributed by atoms with E-state index >= 15 is 0 Å². The van der Waals surface area contributed by atoms with E-state index in [1.165, 1.54) is 5.56 Å². The van der Waals surface area contributed by atoms with E-state index in [-0.39, 0.29) is 17.5 Å². The molecule has 1 fully saturated rings. The summed E-state index contributed by atoms with van der Waals surface area (Å²) in [7, 11) is 0. The van der Waals surface area contributed by atoms with Crippen molar-refractivity contribution in [1.82, 2.24) is 10.2 Å². The smallest absolute Gasteiger partial charge is 0.223 e. The third-order valence-electron chi connectivity index (χ3n) is 3.76. The van der Waals surface area contributed by atoms with Crippen molar-refractivity contribution in [3.05, 3.63) is 35.9 Å². The fourth-order valence-electron chi connectivity index (χ4n) is 2.55. The predicted octanol–water partition coefficient (Wildman–Crippen LogP) is 2.22. The Morgan fingerprint density at radius 2 is 2.05 bits per heavy atom. The molecule has 1 atom stereocenters. The van der Waals surface area contributed by atoms with Gasteiger partial charge in [0.1, 0.15) is 0 Å². The molecule has 1 aliphatic heterocycles. The van der Waals surface area contributed by atoms with Crippen LogP contribution in [0.25, 0.3) is 0 Å². The quantitative estimate of drug-likeness (QED) is 0.904.